The third-order valence-electron chi connectivity index (χ3n) is 2.16. The van der Waals surface area contributed by atoms with Crippen LogP contribution < -0.4 is 5.32 Å². The van der Waals surface area contributed by atoms with Gasteiger partial charge >= 0.3 is 0 Å². The van der Waals surface area contributed by atoms with Gasteiger partial charge in [0.05, 0.1) is 6.54 Å². The van der Waals surface area contributed by atoms with E-state index < -0.39 is 0 Å². The molecule has 2 heterocycles. The Bertz CT molecular complexity index is 439. The van der Waals surface area contributed by atoms with Gasteiger partial charge in [0.25, 0.3) is 0 Å². The molecule has 3 nitrogen and oxygen atoms in total. The summed E-state index contributed by atoms with van der Waals surface area (Å²) in [6.45, 7) is 7.04. The van der Waals surface area contributed by atoms with Crippen LogP contribution in [-0.4, -0.2) is 9.36 Å². The van der Waals surface area contributed by atoms with Crippen molar-refractivity contribution in [2.45, 2.75) is 27.3 Å². The van der Waals surface area contributed by atoms with Crippen molar-refractivity contribution < 1.29 is 0 Å². The molecule has 0 radical (unpaired) electrons. The number of thiophene rings is 1. The summed E-state index contributed by atoms with van der Waals surface area (Å²) in [5.74, 6) is 0.834. The van der Waals surface area contributed by atoms with E-state index in [0.717, 1.165) is 17.5 Å². The van der Waals surface area contributed by atoms with Gasteiger partial charge in [-0.15, -0.1) is 11.3 Å². The first-order valence-corrected chi connectivity index (χ1v) is 6.34. The van der Waals surface area contributed by atoms with Crippen molar-refractivity contribution >= 4 is 28.0 Å². The Hall–Kier alpha value is -0.940. The van der Waals surface area contributed by atoms with Crippen molar-refractivity contribution in [3.05, 3.63) is 27.2 Å². The molecule has 0 aliphatic heterocycles. The van der Waals surface area contributed by atoms with Crippen molar-refractivity contribution in [2.75, 3.05) is 5.32 Å². The Labute approximate surface area is 97.4 Å². The van der Waals surface area contributed by atoms with E-state index in [1.165, 1.54) is 26.9 Å². The SMILES string of the molecule is Cc1nsc(NCc2cc(C)c(C)s2)n1. The summed E-state index contributed by atoms with van der Waals surface area (Å²) in [5, 5.41) is 4.18. The third kappa shape index (κ3) is 2.54. The van der Waals surface area contributed by atoms with E-state index in [0.29, 0.717) is 0 Å². The van der Waals surface area contributed by atoms with E-state index in [1.54, 1.807) is 0 Å². The average molecular weight is 239 g/mol. The van der Waals surface area contributed by atoms with Crippen LogP contribution in [0.15, 0.2) is 6.07 Å². The van der Waals surface area contributed by atoms with E-state index in [9.17, 15) is 0 Å². The zero-order valence-electron chi connectivity index (χ0n) is 9.00. The molecular weight excluding hydrogens is 226 g/mol. The van der Waals surface area contributed by atoms with Gasteiger partial charge in [-0.25, -0.2) is 4.98 Å². The maximum Gasteiger partial charge on any atom is 0.202 e. The van der Waals surface area contributed by atoms with Gasteiger partial charge in [0.1, 0.15) is 5.82 Å². The number of aryl methyl sites for hydroxylation is 3. The fourth-order valence-electron chi connectivity index (χ4n) is 1.27. The Morgan fingerprint density at radius 2 is 2.13 bits per heavy atom. The number of nitrogens with one attached hydrogen (secondary N) is 1. The first kappa shape index (κ1) is 10.6. The largest absolute Gasteiger partial charge is 0.355 e. The molecule has 0 unspecified atom stereocenters. The minimum absolute atomic E-state index is 0.834. The first-order valence-electron chi connectivity index (χ1n) is 4.75. The molecule has 2 aromatic heterocycles. The Morgan fingerprint density at radius 1 is 1.33 bits per heavy atom. The molecule has 0 fully saturated rings. The van der Waals surface area contributed by atoms with Crippen molar-refractivity contribution in [1.82, 2.24) is 9.36 Å². The van der Waals surface area contributed by atoms with Crippen molar-refractivity contribution in [1.29, 1.82) is 0 Å². The average Bonchev–Trinajstić information content (AvgIpc) is 2.72. The molecule has 2 rings (SSSR count). The summed E-state index contributed by atoms with van der Waals surface area (Å²) >= 11 is 3.25. The molecule has 15 heavy (non-hydrogen) atoms. The highest BCUT2D eigenvalue weighted by Crippen LogP contribution is 2.21. The normalized spacial score (nSPS) is 10.6. The number of anilines is 1. The molecule has 5 heteroatoms. The zero-order chi connectivity index (χ0) is 10.8. The number of nitrogens with zero attached hydrogens (tertiary/aromatic N) is 2. The number of rotatable bonds is 3. The third-order valence-corrected chi connectivity index (χ3v) is 4.08. The first-order chi connectivity index (χ1) is 7.15. The van der Waals surface area contributed by atoms with Crippen LogP contribution in [-0.2, 0) is 6.54 Å². The van der Waals surface area contributed by atoms with Gasteiger partial charge in [-0.1, -0.05) is 0 Å². The molecule has 2 aromatic rings. The molecule has 0 bridgehead atoms. The lowest BCUT2D eigenvalue weighted by molar-refractivity contribution is 1.12. The van der Waals surface area contributed by atoms with Crippen LogP contribution in [0, 0.1) is 20.8 Å². The predicted octanol–water partition coefficient (Wildman–Crippen LogP) is 3.14. The quantitative estimate of drug-likeness (QED) is 0.894. The van der Waals surface area contributed by atoms with E-state index in [4.69, 9.17) is 0 Å². The molecule has 80 valence electrons. The standard InChI is InChI=1S/C10H13N3S2/c1-6-4-9(14-7(6)2)5-11-10-12-8(3)13-15-10/h4H,5H2,1-3H3,(H,11,12,13). The topological polar surface area (TPSA) is 37.8 Å². The van der Waals surface area contributed by atoms with Gasteiger partial charge in [-0.2, -0.15) is 4.37 Å². The van der Waals surface area contributed by atoms with E-state index in [2.05, 4.69) is 34.6 Å². The van der Waals surface area contributed by atoms with Crippen LogP contribution in [0.3, 0.4) is 0 Å². The Kier molecular flexibility index (Phi) is 3.02. The molecule has 0 saturated carbocycles. The van der Waals surface area contributed by atoms with Gasteiger partial charge in [-0.05, 0) is 32.4 Å². The van der Waals surface area contributed by atoms with Crippen LogP contribution in [0.1, 0.15) is 21.1 Å². The summed E-state index contributed by atoms with van der Waals surface area (Å²) < 4.78 is 4.12. The second-order valence-electron chi connectivity index (χ2n) is 3.45. The smallest absolute Gasteiger partial charge is 0.202 e. The van der Waals surface area contributed by atoms with Crippen molar-refractivity contribution in [2.24, 2.45) is 0 Å². The number of aromatic nitrogens is 2. The van der Waals surface area contributed by atoms with Crippen LogP contribution >= 0.6 is 22.9 Å². The van der Waals surface area contributed by atoms with E-state index in [1.807, 2.05) is 18.3 Å². The van der Waals surface area contributed by atoms with Gasteiger partial charge in [0, 0.05) is 21.3 Å². The van der Waals surface area contributed by atoms with Gasteiger partial charge in [0.15, 0.2) is 0 Å². The fourth-order valence-corrected chi connectivity index (χ4v) is 2.83. The van der Waals surface area contributed by atoms with Crippen LogP contribution in [0.5, 0.6) is 0 Å². The molecule has 1 N–H and O–H groups in total. The van der Waals surface area contributed by atoms with Crippen LogP contribution in [0.25, 0.3) is 0 Å². The highest BCUT2D eigenvalue weighted by Gasteiger charge is 2.03. The molecular formula is C10H13N3S2. The molecule has 0 aliphatic carbocycles. The summed E-state index contributed by atoms with van der Waals surface area (Å²) in [5.41, 5.74) is 1.37. The Balaban J connectivity index is 1.99. The van der Waals surface area contributed by atoms with Crippen molar-refractivity contribution in [3.8, 4) is 0 Å². The number of hydrogen-bond acceptors (Lipinski definition) is 5. The summed E-state index contributed by atoms with van der Waals surface area (Å²) in [6, 6.07) is 2.22. The minimum atomic E-state index is 0.834. The zero-order valence-corrected chi connectivity index (χ0v) is 10.6. The lowest BCUT2D eigenvalue weighted by atomic mass is 10.3. The molecule has 0 atom stereocenters. The second-order valence-corrected chi connectivity index (χ2v) is 5.54. The van der Waals surface area contributed by atoms with Crippen molar-refractivity contribution in [3.63, 3.8) is 0 Å². The number of hydrogen-bond donors (Lipinski definition) is 1. The molecule has 0 saturated heterocycles. The summed E-state index contributed by atoms with van der Waals surface area (Å²) in [4.78, 5) is 6.99. The molecule has 0 aliphatic rings. The monoisotopic (exact) mass is 239 g/mol. The fraction of sp³-hybridized carbons (Fsp3) is 0.400. The van der Waals surface area contributed by atoms with Gasteiger partial charge < -0.3 is 5.32 Å². The predicted molar refractivity (Wildman–Crippen MR) is 65.8 cm³/mol. The highest BCUT2D eigenvalue weighted by atomic mass is 32.1. The maximum absolute atomic E-state index is 4.26. The van der Waals surface area contributed by atoms with Crippen LogP contribution in [0.4, 0.5) is 5.13 Å². The van der Waals surface area contributed by atoms with Gasteiger partial charge in [0.2, 0.25) is 5.13 Å². The van der Waals surface area contributed by atoms with Gasteiger partial charge in [-0.3, -0.25) is 0 Å². The lowest BCUT2D eigenvalue weighted by Crippen LogP contribution is -1.96. The van der Waals surface area contributed by atoms with Crippen LogP contribution in [0.2, 0.25) is 0 Å². The van der Waals surface area contributed by atoms with E-state index in [-0.39, 0.29) is 0 Å². The summed E-state index contributed by atoms with van der Waals surface area (Å²) in [7, 11) is 0. The Morgan fingerprint density at radius 3 is 2.67 bits per heavy atom. The highest BCUT2D eigenvalue weighted by molar-refractivity contribution is 7.12. The maximum atomic E-state index is 4.26. The van der Waals surface area contributed by atoms with E-state index >= 15 is 0 Å². The summed E-state index contributed by atoms with van der Waals surface area (Å²) in [6.07, 6.45) is 0. The molecule has 0 amide bonds. The minimum Gasteiger partial charge on any atom is -0.355 e. The second kappa shape index (κ2) is 4.28. The molecule has 0 spiro atoms. The lowest BCUT2D eigenvalue weighted by Gasteiger charge is -1.97. The molecule has 0 aromatic carbocycles.